The van der Waals surface area contributed by atoms with E-state index in [1.54, 1.807) is 50.7 Å². The van der Waals surface area contributed by atoms with Crippen molar-refractivity contribution in [3.63, 3.8) is 0 Å². The third-order valence-electron chi connectivity index (χ3n) is 4.53. The fraction of sp³-hybridized carbons (Fsp3) is 0.400. The number of nitrogens with one attached hydrogen (secondary N) is 2. The zero-order valence-electron chi connectivity index (χ0n) is 16.2. The molecule has 1 aliphatic rings. The predicted molar refractivity (Wildman–Crippen MR) is 107 cm³/mol. The number of aromatic nitrogens is 1. The minimum Gasteiger partial charge on any atom is -0.497 e. The molecule has 28 heavy (non-hydrogen) atoms. The molecule has 1 fully saturated rings. The highest BCUT2D eigenvalue weighted by Gasteiger charge is 2.16. The van der Waals surface area contributed by atoms with Crippen LogP contribution in [0.2, 0.25) is 0 Å². The van der Waals surface area contributed by atoms with Crippen LogP contribution in [0, 0.1) is 0 Å². The number of pyridine rings is 1. The van der Waals surface area contributed by atoms with Gasteiger partial charge in [0.2, 0.25) is 0 Å². The standard InChI is InChI=1S/C20H26N4O4/c1-26-15-5-6-17(18(14-15)27-2)23-20(25)16-4-3-7-21-19(16)22-8-9-24-10-12-28-13-11-24/h3-7,14H,8-13H2,1-2H3,(H,21,22)(H,23,25). The number of ether oxygens (including phenoxy) is 3. The van der Waals surface area contributed by atoms with Gasteiger partial charge >= 0.3 is 0 Å². The van der Waals surface area contributed by atoms with Gasteiger partial charge in [0, 0.05) is 38.4 Å². The molecule has 0 unspecified atom stereocenters. The van der Waals surface area contributed by atoms with E-state index in [0.717, 1.165) is 32.8 Å². The van der Waals surface area contributed by atoms with Gasteiger partial charge in [0.05, 0.1) is 38.7 Å². The number of anilines is 2. The van der Waals surface area contributed by atoms with Crippen LogP contribution >= 0.6 is 0 Å². The summed E-state index contributed by atoms with van der Waals surface area (Å²) in [5, 5.41) is 6.15. The summed E-state index contributed by atoms with van der Waals surface area (Å²) in [6.45, 7) is 4.95. The molecule has 0 bridgehead atoms. The van der Waals surface area contributed by atoms with Gasteiger partial charge in [0.15, 0.2) is 0 Å². The summed E-state index contributed by atoms with van der Waals surface area (Å²) >= 11 is 0. The largest absolute Gasteiger partial charge is 0.497 e. The Bertz CT molecular complexity index is 794. The highest BCUT2D eigenvalue weighted by molar-refractivity contribution is 6.08. The number of hydrogen-bond acceptors (Lipinski definition) is 7. The molecule has 0 radical (unpaired) electrons. The number of morpholine rings is 1. The third kappa shape index (κ3) is 5.11. The molecule has 1 aliphatic heterocycles. The molecule has 0 spiro atoms. The maximum Gasteiger partial charge on any atom is 0.259 e. The van der Waals surface area contributed by atoms with E-state index in [0.29, 0.717) is 35.1 Å². The lowest BCUT2D eigenvalue weighted by Crippen LogP contribution is -2.39. The maximum absolute atomic E-state index is 12.8. The number of nitrogens with zero attached hydrogens (tertiary/aromatic N) is 2. The molecule has 8 heteroatoms. The van der Waals surface area contributed by atoms with Gasteiger partial charge in [0.25, 0.3) is 5.91 Å². The second kappa shape index (κ2) is 9.91. The van der Waals surface area contributed by atoms with Crippen LogP contribution in [0.25, 0.3) is 0 Å². The lowest BCUT2D eigenvalue weighted by molar-refractivity contribution is 0.0398. The van der Waals surface area contributed by atoms with Gasteiger partial charge in [-0.3, -0.25) is 9.69 Å². The Hall–Kier alpha value is -2.84. The van der Waals surface area contributed by atoms with Crippen LogP contribution in [0.3, 0.4) is 0 Å². The zero-order chi connectivity index (χ0) is 19.8. The van der Waals surface area contributed by atoms with E-state index < -0.39 is 0 Å². The normalized spacial score (nSPS) is 14.4. The SMILES string of the molecule is COc1ccc(NC(=O)c2cccnc2NCCN2CCOCC2)c(OC)c1. The van der Waals surface area contributed by atoms with Crippen molar-refractivity contribution in [1.82, 2.24) is 9.88 Å². The summed E-state index contributed by atoms with van der Waals surface area (Å²) in [6.07, 6.45) is 1.67. The molecule has 0 aliphatic carbocycles. The topological polar surface area (TPSA) is 85.0 Å². The number of carbonyl (C=O) groups is 1. The van der Waals surface area contributed by atoms with E-state index in [4.69, 9.17) is 14.2 Å². The number of amides is 1. The molecule has 0 saturated carbocycles. The van der Waals surface area contributed by atoms with Gasteiger partial charge < -0.3 is 24.8 Å². The molecule has 8 nitrogen and oxygen atoms in total. The van der Waals surface area contributed by atoms with Gasteiger partial charge in [-0.05, 0) is 24.3 Å². The third-order valence-corrected chi connectivity index (χ3v) is 4.53. The average molecular weight is 386 g/mol. The quantitative estimate of drug-likeness (QED) is 0.719. The Kier molecular flexibility index (Phi) is 7.05. The molecule has 0 atom stereocenters. The van der Waals surface area contributed by atoms with Crippen LogP contribution in [-0.4, -0.2) is 69.4 Å². The molecular weight excluding hydrogens is 360 g/mol. The van der Waals surface area contributed by atoms with Gasteiger partial charge in [0.1, 0.15) is 17.3 Å². The van der Waals surface area contributed by atoms with Crippen molar-refractivity contribution in [2.45, 2.75) is 0 Å². The number of methoxy groups -OCH3 is 2. The van der Waals surface area contributed by atoms with Crippen molar-refractivity contribution >= 4 is 17.4 Å². The summed E-state index contributed by atoms with van der Waals surface area (Å²) in [5.41, 5.74) is 1.04. The van der Waals surface area contributed by atoms with E-state index >= 15 is 0 Å². The Morgan fingerprint density at radius 3 is 2.79 bits per heavy atom. The molecular formula is C20H26N4O4. The van der Waals surface area contributed by atoms with Crippen LogP contribution in [-0.2, 0) is 4.74 Å². The molecule has 1 amide bonds. The first kappa shape index (κ1) is 19.9. The molecule has 1 saturated heterocycles. The van der Waals surface area contributed by atoms with Crippen molar-refractivity contribution in [2.75, 3.05) is 64.2 Å². The van der Waals surface area contributed by atoms with Gasteiger partial charge in [-0.1, -0.05) is 0 Å². The highest BCUT2D eigenvalue weighted by Crippen LogP contribution is 2.29. The summed E-state index contributed by atoms with van der Waals surface area (Å²) < 4.78 is 15.9. The Morgan fingerprint density at radius 2 is 2.04 bits per heavy atom. The second-order valence-electron chi connectivity index (χ2n) is 6.30. The molecule has 150 valence electrons. The molecule has 1 aromatic carbocycles. The number of hydrogen-bond donors (Lipinski definition) is 2. The second-order valence-corrected chi connectivity index (χ2v) is 6.30. The van der Waals surface area contributed by atoms with E-state index in [1.807, 2.05) is 0 Å². The molecule has 2 N–H and O–H groups in total. The van der Waals surface area contributed by atoms with E-state index in [-0.39, 0.29) is 5.91 Å². The van der Waals surface area contributed by atoms with Gasteiger partial charge in [-0.2, -0.15) is 0 Å². The van der Waals surface area contributed by atoms with E-state index in [9.17, 15) is 4.79 Å². The van der Waals surface area contributed by atoms with E-state index in [1.165, 1.54) is 0 Å². The van der Waals surface area contributed by atoms with Crippen molar-refractivity contribution in [2.24, 2.45) is 0 Å². The monoisotopic (exact) mass is 386 g/mol. The summed E-state index contributed by atoms with van der Waals surface area (Å²) in [4.78, 5) is 19.5. The maximum atomic E-state index is 12.8. The summed E-state index contributed by atoms with van der Waals surface area (Å²) in [5.74, 6) is 1.48. The molecule has 2 aromatic rings. The Morgan fingerprint density at radius 1 is 1.21 bits per heavy atom. The summed E-state index contributed by atoms with van der Waals surface area (Å²) in [6, 6.07) is 8.73. The first-order valence-corrected chi connectivity index (χ1v) is 9.23. The first-order chi connectivity index (χ1) is 13.7. The minimum absolute atomic E-state index is 0.259. The van der Waals surface area contributed by atoms with Crippen molar-refractivity contribution in [3.05, 3.63) is 42.1 Å². The molecule has 1 aromatic heterocycles. The van der Waals surface area contributed by atoms with E-state index in [2.05, 4.69) is 20.5 Å². The first-order valence-electron chi connectivity index (χ1n) is 9.23. The minimum atomic E-state index is -0.259. The Labute approximate surface area is 164 Å². The summed E-state index contributed by atoms with van der Waals surface area (Å²) in [7, 11) is 3.13. The van der Waals surface area contributed by atoms with Crippen LogP contribution in [0.5, 0.6) is 11.5 Å². The van der Waals surface area contributed by atoms with Gasteiger partial charge in [-0.25, -0.2) is 4.98 Å². The average Bonchev–Trinajstić information content (AvgIpc) is 2.75. The predicted octanol–water partition coefficient (Wildman–Crippen LogP) is 2.10. The zero-order valence-corrected chi connectivity index (χ0v) is 16.2. The fourth-order valence-corrected chi connectivity index (χ4v) is 2.98. The molecule has 3 rings (SSSR count). The van der Waals surface area contributed by atoms with Crippen molar-refractivity contribution in [1.29, 1.82) is 0 Å². The number of benzene rings is 1. The van der Waals surface area contributed by atoms with Crippen LogP contribution in [0.4, 0.5) is 11.5 Å². The van der Waals surface area contributed by atoms with Crippen molar-refractivity contribution in [3.8, 4) is 11.5 Å². The lowest BCUT2D eigenvalue weighted by Gasteiger charge is -2.26. The molecule has 2 heterocycles. The van der Waals surface area contributed by atoms with Crippen LogP contribution in [0.15, 0.2) is 36.5 Å². The number of carbonyl (C=O) groups excluding carboxylic acids is 1. The fourth-order valence-electron chi connectivity index (χ4n) is 2.98. The lowest BCUT2D eigenvalue weighted by atomic mass is 10.2. The number of rotatable bonds is 8. The van der Waals surface area contributed by atoms with Crippen LogP contribution < -0.4 is 20.1 Å². The van der Waals surface area contributed by atoms with Gasteiger partial charge in [-0.15, -0.1) is 0 Å². The highest BCUT2D eigenvalue weighted by atomic mass is 16.5. The van der Waals surface area contributed by atoms with Crippen molar-refractivity contribution < 1.29 is 19.0 Å². The Balaban J connectivity index is 1.65. The smallest absolute Gasteiger partial charge is 0.259 e. The van der Waals surface area contributed by atoms with Crippen LogP contribution in [0.1, 0.15) is 10.4 Å².